The van der Waals surface area contributed by atoms with Crippen molar-refractivity contribution in [3.63, 3.8) is 0 Å². The molecular weight excluding hydrogens is 364 g/mol. The molecule has 0 radical (unpaired) electrons. The van der Waals surface area contributed by atoms with Gasteiger partial charge in [-0.25, -0.2) is 9.55 Å². The van der Waals surface area contributed by atoms with Crippen LogP contribution in [0.1, 0.15) is 127 Å². The Hall–Kier alpha value is -1.57. The largest absolute Gasteiger partial charge is 0.257 e. The number of hydrogen-bond acceptors (Lipinski definition) is 0. The summed E-state index contributed by atoms with van der Waals surface area (Å²) in [5, 5.41) is 0. The minimum Gasteiger partial charge on any atom is -0.247 e. The number of aromatic nitrogens is 2. The maximum Gasteiger partial charge on any atom is 0.257 e. The van der Waals surface area contributed by atoms with Crippen LogP contribution in [0.5, 0.6) is 0 Å². The molecule has 0 amide bonds. The van der Waals surface area contributed by atoms with E-state index in [-0.39, 0.29) is 0 Å². The molecule has 0 saturated heterocycles. The summed E-state index contributed by atoms with van der Waals surface area (Å²) in [7, 11) is 0. The Labute approximate surface area is 186 Å². The Balaban J connectivity index is 1.46. The van der Waals surface area contributed by atoms with E-state index in [1.807, 2.05) is 0 Å². The van der Waals surface area contributed by atoms with E-state index < -0.39 is 0 Å². The minimum atomic E-state index is 0.598. The van der Waals surface area contributed by atoms with Crippen LogP contribution in [0.15, 0.2) is 42.7 Å². The zero-order valence-electron chi connectivity index (χ0n) is 19.9. The number of rotatable bonds is 18. The van der Waals surface area contributed by atoms with Gasteiger partial charge in [0, 0.05) is 0 Å². The third-order valence-electron chi connectivity index (χ3n) is 6.45. The van der Waals surface area contributed by atoms with Crippen molar-refractivity contribution < 1.29 is 4.57 Å². The maximum absolute atomic E-state index is 3.49. The predicted molar refractivity (Wildman–Crippen MR) is 130 cm³/mol. The molecule has 0 aliphatic rings. The number of nitrogens with one attached hydrogen (secondary N) is 1. The molecule has 0 aliphatic heterocycles. The second kappa shape index (κ2) is 16.2. The molecule has 2 aromatic rings. The zero-order valence-corrected chi connectivity index (χ0v) is 19.9. The summed E-state index contributed by atoms with van der Waals surface area (Å²) in [6.07, 6.45) is 25.6. The number of nitrogens with zero attached hydrogens (tertiary/aromatic N) is 1. The first-order valence-corrected chi connectivity index (χ1v) is 12.9. The molecule has 0 bridgehead atoms. The third-order valence-corrected chi connectivity index (χ3v) is 6.45. The highest BCUT2D eigenvalue weighted by atomic mass is 15.1. The molecule has 30 heavy (non-hydrogen) atoms. The average Bonchev–Trinajstić information content (AvgIpc) is 3.23. The quantitative estimate of drug-likeness (QED) is 0.188. The molecule has 1 aromatic heterocycles. The number of aromatic amines is 1. The molecule has 168 valence electrons. The van der Waals surface area contributed by atoms with Crippen LogP contribution in [0, 0.1) is 0 Å². The molecule has 1 N–H and O–H groups in total. The lowest BCUT2D eigenvalue weighted by molar-refractivity contribution is -0.695. The predicted octanol–water partition coefficient (Wildman–Crippen LogP) is 8.33. The van der Waals surface area contributed by atoms with Gasteiger partial charge in [0.15, 0.2) is 0 Å². The van der Waals surface area contributed by atoms with Crippen LogP contribution in [0.2, 0.25) is 0 Å². The van der Waals surface area contributed by atoms with Crippen LogP contribution in [0.3, 0.4) is 0 Å². The zero-order chi connectivity index (χ0) is 21.3. The summed E-state index contributed by atoms with van der Waals surface area (Å²) < 4.78 is 2.38. The summed E-state index contributed by atoms with van der Waals surface area (Å²) in [5.74, 6) is 1.97. The molecule has 1 heterocycles. The van der Waals surface area contributed by atoms with E-state index in [1.165, 1.54) is 108 Å². The number of hydrogen-bond donors (Lipinski definition) is 1. The monoisotopic (exact) mass is 411 g/mol. The molecule has 0 unspecified atom stereocenters. The van der Waals surface area contributed by atoms with Crippen molar-refractivity contribution in [1.82, 2.24) is 4.98 Å². The summed E-state index contributed by atoms with van der Waals surface area (Å²) in [4.78, 5) is 3.49. The van der Waals surface area contributed by atoms with Crippen LogP contribution in [0.25, 0.3) is 0 Å². The molecule has 2 heteroatoms. The topological polar surface area (TPSA) is 19.7 Å². The molecular formula is C28H47N2+. The minimum absolute atomic E-state index is 0.598. The van der Waals surface area contributed by atoms with Crippen molar-refractivity contribution in [3.05, 3.63) is 54.1 Å². The van der Waals surface area contributed by atoms with Gasteiger partial charge in [0.25, 0.3) is 5.82 Å². The van der Waals surface area contributed by atoms with Crippen molar-refractivity contribution in [1.29, 1.82) is 0 Å². The molecule has 0 spiro atoms. The van der Waals surface area contributed by atoms with E-state index in [0.29, 0.717) is 5.92 Å². The summed E-state index contributed by atoms with van der Waals surface area (Å²) >= 11 is 0. The van der Waals surface area contributed by atoms with Gasteiger partial charge in [-0.2, -0.15) is 0 Å². The fraction of sp³-hybridized carbons (Fsp3) is 0.679. The Morgan fingerprint density at radius 3 is 1.83 bits per heavy atom. The number of H-pyrrole nitrogens is 1. The lowest BCUT2D eigenvalue weighted by Crippen LogP contribution is -2.37. The SMILES string of the molecule is CCCCCCCCCCCCCCCC[C@H](C)c1[nH]cc[n+]1Cc1ccccc1. The van der Waals surface area contributed by atoms with E-state index in [9.17, 15) is 0 Å². The van der Waals surface area contributed by atoms with Gasteiger partial charge in [-0.1, -0.05) is 134 Å². The first-order chi connectivity index (χ1) is 14.8. The van der Waals surface area contributed by atoms with E-state index in [1.54, 1.807) is 0 Å². The van der Waals surface area contributed by atoms with Crippen molar-refractivity contribution in [2.45, 2.75) is 123 Å². The molecule has 1 atom stereocenters. The van der Waals surface area contributed by atoms with Crippen molar-refractivity contribution in [2.24, 2.45) is 0 Å². The van der Waals surface area contributed by atoms with Crippen molar-refractivity contribution in [3.8, 4) is 0 Å². The first-order valence-electron chi connectivity index (χ1n) is 12.9. The Bertz CT molecular complexity index is 631. The van der Waals surface area contributed by atoms with Gasteiger partial charge < -0.3 is 0 Å². The third kappa shape index (κ3) is 10.5. The maximum atomic E-state index is 3.49. The molecule has 0 fully saturated rings. The Morgan fingerprint density at radius 2 is 1.27 bits per heavy atom. The second-order valence-electron chi connectivity index (χ2n) is 9.24. The summed E-state index contributed by atoms with van der Waals surface area (Å²) in [6, 6.07) is 10.8. The summed E-state index contributed by atoms with van der Waals surface area (Å²) in [6.45, 7) is 5.63. The van der Waals surface area contributed by atoms with Gasteiger partial charge in [0.2, 0.25) is 0 Å². The van der Waals surface area contributed by atoms with Crippen LogP contribution in [0.4, 0.5) is 0 Å². The number of unbranched alkanes of at least 4 members (excludes halogenated alkanes) is 13. The van der Waals surface area contributed by atoms with Gasteiger partial charge in [0.1, 0.15) is 18.9 Å². The lowest BCUT2D eigenvalue weighted by Gasteiger charge is -2.09. The standard InChI is InChI=1S/C28H46N2/c1-3-4-5-6-7-8-9-10-11-12-13-14-15-17-20-26(2)28-29-23-24-30(28)25-27-21-18-16-19-22-27/h16,18-19,21-24,26H,3-15,17,20,25H2,1-2H3/p+1/t26-/m0/s1. The number of imidazole rings is 1. The van der Waals surface area contributed by atoms with E-state index in [0.717, 1.165) is 6.54 Å². The molecule has 0 saturated carbocycles. The van der Waals surface area contributed by atoms with Crippen LogP contribution < -0.4 is 4.57 Å². The Morgan fingerprint density at radius 1 is 0.733 bits per heavy atom. The van der Waals surface area contributed by atoms with Gasteiger partial charge in [-0.15, -0.1) is 0 Å². The average molecular weight is 412 g/mol. The van der Waals surface area contributed by atoms with E-state index in [4.69, 9.17) is 0 Å². The van der Waals surface area contributed by atoms with Crippen LogP contribution >= 0.6 is 0 Å². The highest BCUT2D eigenvalue weighted by molar-refractivity contribution is 5.13. The van der Waals surface area contributed by atoms with E-state index >= 15 is 0 Å². The molecule has 0 aliphatic carbocycles. The molecule has 2 nitrogen and oxygen atoms in total. The smallest absolute Gasteiger partial charge is 0.247 e. The normalized spacial score (nSPS) is 12.3. The van der Waals surface area contributed by atoms with Crippen molar-refractivity contribution >= 4 is 0 Å². The fourth-order valence-corrected chi connectivity index (χ4v) is 4.50. The van der Waals surface area contributed by atoms with Gasteiger partial charge >= 0.3 is 0 Å². The van der Waals surface area contributed by atoms with Crippen LogP contribution in [-0.4, -0.2) is 4.98 Å². The van der Waals surface area contributed by atoms with Crippen LogP contribution in [-0.2, 0) is 6.54 Å². The van der Waals surface area contributed by atoms with Gasteiger partial charge in [-0.05, 0) is 12.0 Å². The first kappa shape index (κ1) is 24.7. The van der Waals surface area contributed by atoms with E-state index in [2.05, 4.69) is 66.1 Å². The fourth-order valence-electron chi connectivity index (χ4n) is 4.50. The van der Waals surface area contributed by atoms with Crippen molar-refractivity contribution in [2.75, 3.05) is 0 Å². The number of benzene rings is 1. The van der Waals surface area contributed by atoms with Gasteiger partial charge in [0.05, 0.1) is 5.92 Å². The Kier molecular flexibility index (Phi) is 13.3. The highest BCUT2D eigenvalue weighted by Gasteiger charge is 2.18. The molecule has 2 rings (SSSR count). The summed E-state index contributed by atoms with van der Waals surface area (Å²) in [5.41, 5.74) is 1.37. The highest BCUT2D eigenvalue weighted by Crippen LogP contribution is 2.19. The lowest BCUT2D eigenvalue weighted by atomic mass is 10.0. The second-order valence-corrected chi connectivity index (χ2v) is 9.24. The van der Waals surface area contributed by atoms with Gasteiger partial charge in [-0.3, -0.25) is 0 Å². The molecule has 1 aromatic carbocycles.